The van der Waals surface area contributed by atoms with Crippen molar-refractivity contribution in [1.29, 1.82) is 0 Å². The van der Waals surface area contributed by atoms with E-state index in [1.165, 1.54) is 12.1 Å². The number of hydrogen-bond acceptors (Lipinski definition) is 0. The van der Waals surface area contributed by atoms with Gasteiger partial charge in [-0.2, -0.15) is 0 Å². The van der Waals surface area contributed by atoms with Crippen LogP contribution in [0.4, 0.5) is 0 Å². The highest BCUT2D eigenvalue weighted by Gasteiger charge is 1.96. The zero-order valence-electron chi connectivity index (χ0n) is 6.10. The van der Waals surface area contributed by atoms with Crippen LogP contribution >= 0.6 is 15.9 Å². The molecule has 0 aliphatic carbocycles. The number of alkyl halides is 1. The van der Waals surface area contributed by atoms with Gasteiger partial charge in [0.15, 0.2) is 0 Å². The topological polar surface area (TPSA) is 15.8 Å². The first-order valence-corrected chi connectivity index (χ1v) is 4.47. The minimum Gasteiger partial charge on any atom is -0.365 e. The van der Waals surface area contributed by atoms with E-state index in [0.717, 1.165) is 6.42 Å². The van der Waals surface area contributed by atoms with Gasteiger partial charge in [0.1, 0.15) is 0 Å². The molecule has 0 spiro atoms. The highest BCUT2D eigenvalue weighted by Crippen LogP contribution is 2.07. The second-order valence-electron chi connectivity index (χ2n) is 2.51. The number of aromatic amines is 1. The Morgan fingerprint density at radius 2 is 2.50 bits per heavy atom. The molecule has 56 valence electrons. The van der Waals surface area contributed by atoms with E-state index < -0.39 is 0 Å². The quantitative estimate of drug-likeness (QED) is 0.725. The number of halogens is 1. The second-order valence-corrected chi connectivity index (χ2v) is 4.08. The Kier molecular flexibility index (Phi) is 3.00. The molecular formula is C8H12BrN. The van der Waals surface area contributed by atoms with Crippen molar-refractivity contribution in [3.8, 4) is 0 Å². The van der Waals surface area contributed by atoms with Gasteiger partial charge >= 0.3 is 0 Å². The number of hydrogen-bond donors (Lipinski definition) is 1. The third-order valence-corrected chi connectivity index (χ3v) is 1.93. The maximum atomic E-state index is 3.51. The number of aryl methyl sites for hydroxylation is 1. The lowest BCUT2D eigenvalue weighted by Gasteiger charge is -1.99. The predicted octanol–water partition coefficient (Wildman–Crippen LogP) is 2.73. The number of rotatable bonds is 3. The fourth-order valence-corrected chi connectivity index (χ4v) is 1.11. The smallest absolute Gasteiger partial charge is 0.0147 e. The van der Waals surface area contributed by atoms with E-state index in [0.29, 0.717) is 4.83 Å². The van der Waals surface area contributed by atoms with Gasteiger partial charge in [0.2, 0.25) is 0 Å². The first kappa shape index (κ1) is 7.86. The van der Waals surface area contributed by atoms with Crippen molar-refractivity contribution >= 4 is 15.9 Å². The molecule has 10 heavy (non-hydrogen) atoms. The van der Waals surface area contributed by atoms with Gasteiger partial charge in [-0.1, -0.05) is 22.9 Å². The average Bonchev–Trinajstić information content (AvgIpc) is 2.34. The molecule has 1 atom stereocenters. The first-order chi connectivity index (χ1) is 4.79. The van der Waals surface area contributed by atoms with Gasteiger partial charge < -0.3 is 4.98 Å². The highest BCUT2D eigenvalue weighted by molar-refractivity contribution is 9.09. The van der Waals surface area contributed by atoms with Crippen LogP contribution in [-0.4, -0.2) is 9.81 Å². The molecule has 0 bridgehead atoms. The van der Waals surface area contributed by atoms with Gasteiger partial charge in [-0.05, 0) is 25.0 Å². The van der Waals surface area contributed by atoms with E-state index >= 15 is 0 Å². The molecule has 0 aliphatic heterocycles. The summed E-state index contributed by atoms with van der Waals surface area (Å²) in [6.07, 6.45) is 4.30. The fraction of sp³-hybridized carbons (Fsp3) is 0.500. The molecule has 1 heterocycles. The molecule has 1 unspecified atom stereocenters. The van der Waals surface area contributed by atoms with Gasteiger partial charge in [0.05, 0.1) is 0 Å². The lowest BCUT2D eigenvalue weighted by molar-refractivity contribution is 0.806. The zero-order valence-corrected chi connectivity index (χ0v) is 7.69. The molecule has 0 saturated carbocycles. The van der Waals surface area contributed by atoms with Gasteiger partial charge in [-0.25, -0.2) is 0 Å². The second kappa shape index (κ2) is 3.81. The van der Waals surface area contributed by atoms with Gasteiger partial charge in [0.25, 0.3) is 0 Å². The first-order valence-electron chi connectivity index (χ1n) is 3.55. The normalized spacial score (nSPS) is 13.4. The fourth-order valence-electron chi connectivity index (χ4n) is 0.877. The molecule has 0 amide bonds. The van der Waals surface area contributed by atoms with Crippen LogP contribution in [0.1, 0.15) is 19.0 Å². The average molecular weight is 202 g/mol. The maximum absolute atomic E-state index is 3.51. The number of aromatic nitrogens is 1. The van der Waals surface area contributed by atoms with Crippen molar-refractivity contribution in [1.82, 2.24) is 4.98 Å². The summed E-state index contributed by atoms with van der Waals surface area (Å²) in [7, 11) is 0. The molecular weight excluding hydrogens is 190 g/mol. The molecule has 1 N–H and O–H groups in total. The zero-order chi connectivity index (χ0) is 7.40. The van der Waals surface area contributed by atoms with E-state index in [1.807, 2.05) is 12.3 Å². The molecule has 2 heteroatoms. The largest absolute Gasteiger partial charge is 0.365 e. The standard InChI is InChI=1S/C8H12BrN/c1-7(9)4-5-8-3-2-6-10-8/h2-3,6-7,10H,4-5H2,1H3. The van der Waals surface area contributed by atoms with Crippen LogP contribution in [0.3, 0.4) is 0 Å². The van der Waals surface area contributed by atoms with E-state index in [2.05, 4.69) is 33.9 Å². The minimum atomic E-state index is 0.621. The van der Waals surface area contributed by atoms with Gasteiger partial charge in [-0.15, -0.1) is 0 Å². The Morgan fingerprint density at radius 3 is 3.00 bits per heavy atom. The molecule has 0 radical (unpaired) electrons. The molecule has 1 aromatic heterocycles. The van der Waals surface area contributed by atoms with Gasteiger partial charge in [-0.3, -0.25) is 0 Å². The SMILES string of the molecule is CC(Br)CCc1ccc[nH]1. The van der Waals surface area contributed by atoms with Crippen molar-refractivity contribution in [2.24, 2.45) is 0 Å². The molecule has 0 aromatic carbocycles. The minimum absolute atomic E-state index is 0.621. The summed E-state index contributed by atoms with van der Waals surface area (Å²) in [4.78, 5) is 3.79. The summed E-state index contributed by atoms with van der Waals surface area (Å²) >= 11 is 3.51. The summed E-state index contributed by atoms with van der Waals surface area (Å²) < 4.78 is 0. The lowest BCUT2D eigenvalue weighted by atomic mass is 10.2. The number of H-pyrrole nitrogens is 1. The van der Waals surface area contributed by atoms with Crippen LogP contribution in [0, 0.1) is 0 Å². The molecule has 0 saturated heterocycles. The predicted molar refractivity (Wildman–Crippen MR) is 47.5 cm³/mol. The Balaban J connectivity index is 2.28. The maximum Gasteiger partial charge on any atom is 0.0147 e. The van der Waals surface area contributed by atoms with Crippen molar-refractivity contribution in [2.45, 2.75) is 24.6 Å². The van der Waals surface area contributed by atoms with Gasteiger partial charge in [0, 0.05) is 16.7 Å². The van der Waals surface area contributed by atoms with Crippen LogP contribution in [-0.2, 0) is 6.42 Å². The summed E-state index contributed by atoms with van der Waals surface area (Å²) in [6.45, 7) is 2.17. The summed E-state index contributed by atoms with van der Waals surface area (Å²) in [6, 6.07) is 4.16. The van der Waals surface area contributed by atoms with Crippen molar-refractivity contribution in [3.63, 3.8) is 0 Å². The highest BCUT2D eigenvalue weighted by atomic mass is 79.9. The van der Waals surface area contributed by atoms with E-state index in [-0.39, 0.29) is 0 Å². The Labute approximate surface area is 70.0 Å². The molecule has 0 aliphatic rings. The van der Waals surface area contributed by atoms with Crippen LogP contribution in [0.25, 0.3) is 0 Å². The number of nitrogens with one attached hydrogen (secondary N) is 1. The Morgan fingerprint density at radius 1 is 1.70 bits per heavy atom. The Hall–Kier alpha value is -0.240. The third kappa shape index (κ3) is 2.56. The van der Waals surface area contributed by atoms with Crippen LogP contribution in [0.2, 0.25) is 0 Å². The van der Waals surface area contributed by atoms with Crippen molar-refractivity contribution in [3.05, 3.63) is 24.0 Å². The van der Waals surface area contributed by atoms with Crippen LogP contribution in [0.5, 0.6) is 0 Å². The Bertz CT molecular complexity index is 167. The van der Waals surface area contributed by atoms with Crippen LogP contribution in [0.15, 0.2) is 18.3 Å². The van der Waals surface area contributed by atoms with Crippen LogP contribution < -0.4 is 0 Å². The van der Waals surface area contributed by atoms with Crippen molar-refractivity contribution < 1.29 is 0 Å². The summed E-state index contributed by atoms with van der Waals surface area (Å²) in [5, 5.41) is 0. The molecule has 1 nitrogen and oxygen atoms in total. The molecule has 0 fully saturated rings. The summed E-state index contributed by atoms with van der Waals surface area (Å²) in [5.74, 6) is 0. The molecule has 1 rings (SSSR count). The van der Waals surface area contributed by atoms with E-state index in [1.54, 1.807) is 0 Å². The van der Waals surface area contributed by atoms with E-state index in [9.17, 15) is 0 Å². The van der Waals surface area contributed by atoms with Crippen molar-refractivity contribution in [2.75, 3.05) is 0 Å². The summed E-state index contributed by atoms with van der Waals surface area (Å²) in [5.41, 5.74) is 1.33. The lowest BCUT2D eigenvalue weighted by Crippen LogP contribution is -1.93. The van der Waals surface area contributed by atoms with E-state index in [4.69, 9.17) is 0 Å². The third-order valence-electron chi connectivity index (χ3n) is 1.47. The monoisotopic (exact) mass is 201 g/mol. The molecule has 1 aromatic rings.